The Morgan fingerprint density at radius 1 is 1.28 bits per heavy atom. The molecule has 0 aromatic heterocycles. The van der Waals surface area contributed by atoms with Gasteiger partial charge in [0.1, 0.15) is 0 Å². The molecule has 0 aliphatic carbocycles. The van der Waals surface area contributed by atoms with Crippen molar-refractivity contribution in [3.05, 3.63) is 41.5 Å². The minimum atomic E-state index is -0.248. The lowest BCUT2D eigenvalue weighted by atomic mass is 9.89. The van der Waals surface area contributed by atoms with Crippen LogP contribution in [0.5, 0.6) is 0 Å². The fourth-order valence-electron chi connectivity index (χ4n) is 1.76. The number of benzene rings is 1. The number of hydrogen-bond donors (Lipinski definition) is 0. The van der Waals surface area contributed by atoms with Crippen LogP contribution in [0.25, 0.3) is 5.57 Å². The summed E-state index contributed by atoms with van der Waals surface area (Å²) in [4.78, 5) is 12.1. The zero-order chi connectivity index (χ0) is 13.8. The molecule has 1 aromatic rings. The number of rotatable bonds is 3. The Bertz CT molecular complexity index is 450. The number of carbonyl (C=O) groups excluding carboxylic acids is 1. The third kappa shape index (κ3) is 4.02. The largest absolute Gasteiger partial charge is 0.462 e. The Hall–Kier alpha value is -1.57. The van der Waals surface area contributed by atoms with Crippen LogP contribution in [0.15, 0.2) is 30.3 Å². The van der Waals surface area contributed by atoms with Crippen molar-refractivity contribution >= 4 is 11.5 Å². The first-order valence-corrected chi connectivity index (χ1v) is 6.31. The van der Waals surface area contributed by atoms with Crippen LogP contribution in [0, 0.1) is 12.3 Å². The normalized spacial score (nSPS) is 12.4. The molecule has 0 bridgehead atoms. The van der Waals surface area contributed by atoms with Crippen LogP contribution < -0.4 is 0 Å². The number of aryl methyl sites for hydroxylation is 1. The van der Waals surface area contributed by atoms with E-state index in [9.17, 15) is 4.79 Å². The van der Waals surface area contributed by atoms with E-state index in [2.05, 4.69) is 20.8 Å². The van der Waals surface area contributed by atoms with Crippen molar-refractivity contribution in [2.24, 2.45) is 5.41 Å². The first-order valence-electron chi connectivity index (χ1n) is 6.31. The highest BCUT2D eigenvalue weighted by atomic mass is 16.5. The first kappa shape index (κ1) is 14.5. The van der Waals surface area contributed by atoms with E-state index in [0.717, 1.165) is 11.1 Å². The number of hydrogen-bond acceptors (Lipinski definition) is 2. The molecular weight excluding hydrogens is 224 g/mol. The van der Waals surface area contributed by atoms with Gasteiger partial charge in [0, 0.05) is 0 Å². The van der Waals surface area contributed by atoms with E-state index in [1.165, 1.54) is 0 Å². The highest BCUT2D eigenvalue weighted by molar-refractivity contribution is 6.17. The standard InChI is InChI=1S/C16H22O2/c1-6-18-15(17)14(11-16(3,4)5)13-10-8-7-9-12(13)2/h7-11H,6H2,1-5H3/b14-11-. The Labute approximate surface area is 110 Å². The molecule has 18 heavy (non-hydrogen) atoms. The van der Waals surface area contributed by atoms with Crippen molar-refractivity contribution in [2.75, 3.05) is 6.61 Å². The predicted molar refractivity (Wildman–Crippen MR) is 75.2 cm³/mol. The van der Waals surface area contributed by atoms with E-state index in [1.807, 2.05) is 44.2 Å². The third-order valence-corrected chi connectivity index (χ3v) is 2.51. The summed E-state index contributed by atoms with van der Waals surface area (Å²) in [5, 5.41) is 0. The van der Waals surface area contributed by atoms with Gasteiger partial charge in [-0.1, -0.05) is 51.1 Å². The van der Waals surface area contributed by atoms with Gasteiger partial charge in [0.05, 0.1) is 12.2 Å². The summed E-state index contributed by atoms with van der Waals surface area (Å²) < 4.78 is 5.15. The van der Waals surface area contributed by atoms with Gasteiger partial charge in [0.15, 0.2) is 0 Å². The van der Waals surface area contributed by atoms with Crippen LogP contribution in [0.2, 0.25) is 0 Å². The molecule has 0 aliphatic heterocycles. The molecule has 0 unspecified atom stereocenters. The second-order valence-corrected chi connectivity index (χ2v) is 5.46. The molecule has 0 saturated carbocycles. The van der Waals surface area contributed by atoms with Crippen LogP contribution >= 0.6 is 0 Å². The zero-order valence-electron chi connectivity index (χ0n) is 11.9. The van der Waals surface area contributed by atoms with E-state index in [1.54, 1.807) is 0 Å². The van der Waals surface area contributed by atoms with Gasteiger partial charge in [-0.05, 0) is 30.4 Å². The molecule has 0 fully saturated rings. The first-order chi connectivity index (χ1) is 8.35. The number of ether oxygens (including phenoxy) is 1. The lowest BCUT2D eigenvalue weighted by Crippen LogP contribution is -2.11. The molecule has 0 N–H and O–H groups in total. The molecule has 0 radical (unpaired) electrons. The summed E-state index contributed by atoms with van der Waals surface area (Å²) in [6.07, 6.45) is 1.98. The van der Waals surface area contributed by atoms with Gasteiger partial charge in [0.2, 0.25) is 0 Å². The SMILES string of the molecule is CCOC(=O)/C(=C\C(C)(C)C)c1ccccc1C. The molecule has 0 aliphatic rings. The molecule has 0 amide bonds. The summed E-state index contributed by atoms with van der Waals surface area (Å²) in [5.74, 6) is -0.248. The van der Waals surface area contributed by atoms with Gasteiger partial charge in [-0.15, -0.1) is 0 Å². The van der Waals surface area contributed by atoms with Gasteiger partial charge in [0.25, 0.3) is 0 Å². The summed E-state index contributed by atoms with van der Waals surface area (Å²) in [7, 11) is 0. The zero-order valence-corrected chi connectivity index (χ0v) is 11.9. The summed E-state index contributed by atoms with van der Waals surface area (Å²) in [6, 6.07) is 7.88. The maximum atomic E-state index is 12.1. The van der Waals surface area contributed by atoms with Gasteiger partial charge in [-0.2, -0.15) is 0 Å². The molecule has 1 rings (SSSR count). The molecule has 0 heterocycles. The van der Waals surface area contributed by atoms with Crippen molar-refractivity contribution in [3.8, 4) is 0 Å². The quantitative estimate of drug-likeness (QED) is 0.595. The Balaban J connectivity index is 3.26. The van der Waals surface area contributed by atoms with Gasteiger partial charge >= 0.3 is 5.97 Å². The molecule has 0 spiro atoms. The van der Waals surface area contributed by atoms with E-state index in [4.69, 9.17) is 4.74 Å². The Morgan fingerprint density at radius 3 is 2.39 bits per heavy atom. The topological polar surface area (TPSA) is 26.3 Å². The van der Waals surface area contributed by atoms with E-state index in [0.29, 0.717) is 12.2 Å². The highest BCUT2D eigenvalue weighted by Crippen LogP contribution is 2.26. The maximum absolute atomic E-state index is 12.1. The van der Waals surface area contributed by atoms with Crippen molar-refractivity contribution < 1.29 is 9.53 Å². The summed E-state index contributed by atoms with van der Waals surface area (Å²) in [6.45, 7) is 10.4. The monoisotopic (exact) mass is 246 g/mol. The average molecular weight is 246 g/mol. The Morgan fingerprint density at radius 2 is 1.89 bits per heavy atom. The lowest BCUT2D eigenvalue weighted by Gasteiger charge is -2.17. The fourth-order valence-corrected chi connectivity index (χ4v) is 1.76. The smallest absolute Gasteiger partial charge is 0.338 e. The van der Waals surface area contributed by atoms with E-state index < -0.39 is 0 Å². The maximum Gasteiger partial charge on any atom is 0.338 e. The van der Waals surface area contributed by atoms with Crippen molar-refractivity contribution in [1.29, 1.82) is 0 Å². The van der Waals surface area contributed by atoms with E-state index >= 15 is 0 Å². The molecule has 2 heteroatoms. The lowest BCUT2D eigenvalue weighted by molar-refractivity contribution is -0.136. The number of carbonyl (C=O) groups is 1. The fraction of sp³-hybridized carbons (Fsp3) is 0.438. The minimum absolute atomic E-state index is 0.0651. The van der Waals surface area contributed by atoms with Crippen molar-refractivity contribution in [3.63, 3.8) is 0 Å². The van der Waals surface area contributed by atoms with Crippen LogP contribution in [-0.2, 0) is 9.53 Å². The summed E-state index contributed by atoms with van der Waals surface area (Å²) >= 11 is 0. The van der Waals surface area contributed by atoms with E-state index in [-0.39, 0.29) is 11.4 Å². The number of esters is 1. The van der Waals surface area contributed by atoms with Crippen molar-refractivity contribution in [1.82, 2.24) is 0 Å². The third-order valence-electron chi connectivity index (χ3n) is 2.51. The minimum Gasteiger partial charge on any atom is -0.462 e. The molecule has 0 saturated heterocycles. The second kappa shape index (κ2) is 5.85. The van der Waals surface area contributed by atoms with Crippen molar-refractivity contribution in [2.45, 2.75) is 34.6 Å². The predicted octanol–water partition coefficient (Wildman–Crippen LogP) is 3.99. The molecular formula is C16H22O2. The molecule has 0 atom stereocenters. The van der Waals surface area contributed by atoms with Crippen LogP contribution in [-0.4, -0.2) is 12.6 Å². The van der Waals surface area contributed by atoms with Crippen LogP contribution in [0.4, 0.5) is 0 Å². The van der Waals surface area contributed by atoms with Gasteiger partial charge in [-0.25, -0.2) is 4.79 Å². The Kier molecular flexibility index (Phi) is 4.71. The average Bonchev–Trinajstić information content (AvgIpc) is 2.26. The number of allylic oxidation sites excluding steroid dienone is 1. The van der Waals surface area contributed by atoms with Crippen LogP contribution in [0.3, 0.4) is 0 Å². The highest BCUT2D eigenvalue weighted by Gasteiger charge is 2.18. The second-order valence-electron chi connectivity index (χ2n) is 5.46. The molecule has 2 nitrogen and oxygen atoms in total. The summed E-state index contributed by atoms with van der Waals surface area (Å²) in [5.41, 5.74) is 2.62. The van der Waals surface area contributed by atoms with Gasteiger partial charge in [-0.3, -0.25) is 0 Å². The molecule has 98 valence electrons. The van der Waals surface area contributed by atoms with Gasteiger partial charge < -0.3 is 4.74 Å². The van der Waals surface area contributed by atoms with Crippen LogP contribution in [0.1, 0.15) is 38.8 Å². The molecule has 1 aromatic carbocycles.